The molecule has 6 nitrogen and oxygen atoms in total. The maximum absolute atomic E-state index is 12.2. The highest BCUT2D eigenvalue weighted by Gasteiger charge is 2.29. The Kier molecular flexibility index (Phi) is 5.52. The van der Waals surface area contributed by atoms with Crippen LogP contribution in [0.1, 0.15) is 6.92 Å². The van der Waals surface area contributed by atoms with E-state index in [2.05, 4.69) is 12.6 Å². The molecule has 1 rings (SSSR count). The monoisotopic (exact) mass is 264 g/mol. The molecule has 19 heavy (non-hydrogen) atoms. The zero-order chi connectivity index (χ0) is 14.4. The van der Waals surface area contributed by atoms with Gasteiger partial charge in [0, 0.05) is 26.2 Å². The smallest absolute Gasteiger partial charge is 0.246 e. The van der Waals surface area contributed by atoms with Crippen LogP contribution >= 0.6 is 0 Å². The van der Waals surface area contributed by atoms with Crippen LogP contribution < -0.4 is 0 Å². The summed E-state index contributed by atoms with van der Waals surface area (Å²) < 4.78 is 0. The Labute approximate surface area is 113 Å². The molecule has 1 saturated heterocycles. The highest BCUT2D eigenvalue weighted by molar-refractivity contribution is 5.91. The highest BCUT2D eigenvalue weighted by Crippen LogP contribution is 2.09. The van der Waals surface area contributed by atoms with Crippen molar-refractivity contribution in [2.45, 2.75) is 13.0 Å². The minimum atomic E-state index is -0.441. The fourth-order valence-electron chi connectivity index (χ4n) is 2.06. The molecular formula is C13H20N4O2. The normalized spacial score (nSPS) is 19.6. The zero-order valence-electron chi connectivity index (χ0n) is 11.5. The van der Waals surface area contributed by atoms with E-state index in [4.69, 9.17) is 5.26 Å². The van der Waals surface area contributed by atoms with Crippen molar-refractivity contribution >= 4 is 11.8 Å². The first-order valence-electron chi connectivity index (χ1n) is 6.32. The van der Waals surface area contributed by atoms with Gasteiger partial charge < -0.3 is 14.7 Å². The molecule has 1 atom stereocenters. The second-order valence-corrected chi connectivity index (χ2v) is 4.55. The average Bonchev–Trinajstić information content (AvgIpc) is 2.43. The summed E-state index contributed by atoms with van der Waals surface area (Å²) in [5.74, 6) is -0.449. The quantitative estimate of drug-likeness (QED) is 0.653. The van der Waals surface area contributed by atoms with E-state index in [-0.39, 0.29) is 18.4 Å². The molecule has 1 unspecified atom stereocenters. The number of amides is 2. The van der Waals surface area contributed by atoms with Crippen LogP contribution in [0.2, 0.25) is 0 Å². The third kappa shape index (κ3) is 3.80. The molecule has 0 aromatic carbocycles. The Morgan fingerprint density at radius 3 is 2.74 bits per heavy atom. The fourth-order valence-corrected chi connectivity index (χ4v) is 2.06. The molecule has 0 bridgehead atoms. The number of hydrogen-bond acceptors (Lipinski definition) is 4. The SMILES string of the molecule is C=CC(=O)N(CC)CC(=O)N1CCN(C)CC1C#N. The number of rotatable bonds is 4. The van der Waals surface area contributed by atoms with Gasteiger partial charge in [-0.2, -0.15) is 5.26 Å². The maximum Gasteiger partial charge on any atom is 0.246 e. The topological polar surface area (TPSA) is 67.7 Å². The molecule has 0 N–H and O–H groups in total. The van der Waals surface area contributed by atoms with Crippen molar-refractivity contribution in [3.63, 3.8) is 0 Å². The van der Waals surface area contributed by atoms with Gasteiger partial charge in [-0.3, -0.25) is 9.59 Å². The summed E-state index contributed by atoms with van der Waals surface area (Å²) in [5, 5.41) is 9.11. The molecule has 1 fully saturated rings. The second-order valence-electron chi connectivity index (χ2n) is 4.55. The van der Waals surface area contributed by atoms with E-state index in [9.17, 15) is 9.59 Å². The Morgan fingerprint density at radius 2 is 2.21 bits per heavy atom. The summed E-state index contributed by atoms with van der Waals surface area (Å²) in [6.07, 6.45) is 1.20. The molecule has 6 heteroatoms. The predicted octanol–water partition coefficient (Wildman–Crippen LogP) is -0.313. The lowest BCUT2D eigenvalue weighted by Gasteiger charge is -2.37. The number of nitrogens with zero attached hydrogens (tertiary/aromatic N) is 4. The van der Waals surface area contributed by atoms with E-state index in [0.29, 0.717) is 19.6 Å². The first kappa shape index (κ1) is 15.2. The van der Waals surface area contributed by atoms with Gasteiger partial charge in [0.05, 0.1) is 6.07 Å². The minimum Gasteiger partial charge on any atom is -0.330 e. The Balaban J connectivity index is 2.68. The summed E-state index contributed by atoms with van der Waals surface area (Å²) in [6.45, 7) is 7.48. The molecule has 1 aliphatic rings. The van der Waals surface area contributed by atoms with E-state index in [1.165, 1.54) is 11.0 Å². The Bertz CT molecular complexity index is 402. The summed E-state index contributed by atoms with van der Waals surface area (Å²) in [7, 11) is 1.92. The molecule has 0 aromatic rings. The highest BCUT2D eigenvalue weighted by atomic mass is 16.2. The summed E-state index contributed by atoms with van der Waals surface area (Å²) in [6, 6.07) is 1.70. The van der Waals surface area contributed by atoms with Gasteiger partial charge >= 0.3 is 0 Å². The molecule has 2 amide bonds. The van der Waals surface area contributed by atoms with Gasteiger partial charge in [0.15, 0.2) is 0 Å². The Hall–Kier alpha value is -1.87. The van der Waals surface area contributed by atoms with Crippen LogP contribution in [-0.2, 0) is 9.59 Å². The number of carbonyl (C=O) groups is 2. The van der Waals surface area contributed by atoms with Crippen molar-refractivity contribution in [3.8, 4) is 6.07 Å². The lowest BCUT2D eigenvalue weighted by Crippen LogP contribution is -2.55. The molecule has 1 aliphatic heterocycles. The van der Waals surface area contributed by atoms with Crippen LogP contribution in [0.4, 0.5) is 0 Å². The first-order chi connectivity index (χ1) is 9.03. The van der Waals surface area contributed by atoms with Crippen molar-refractivity contribution in [3.05, 3.63) is 12.7 Å². The van der Waals surface area contributed by atoms with Crippen LogP contribution in [0.5, 0.6) is 0 Å². The van der Waals surface area contributed by atoms with Gasteiger partial charge in [0.2, 0.25) is 11.8 Å². The predicted molar refractivity (Wildman–Crippen MR) is 71.1 cm³/mol. The zero-order valence-corrected chi connectivity index (χ0v) is 11.5. The van der Waals surface area contributed by atoms with Crippen LogP contribution in [0, 0.1) is 11.3 Å². The van der Waals surface area contributed by atoms with Crippen LogP contribution in [0.3, 0.4) is 0 Å². The summed E-state index contributed by atoms with van der Waals surface area (Å²) in [4.78, 5) is 28.7. The van der Waals surface area contributed by atoms with Crippen molar-refractivity contribution < 1.29 is 9.59 Å². The summed E-state index contributed by atoms with van der Waals surface area (Å²) >= 11 is 0. The Morgan fingerprint density at radius 1 is 1.53 bits per heavy atom. The van der Waals surface area contributed by atoms with E-state index in [1.54, 1.807) is 11.8 Å². The molecule has 0 saturated carbocycles. The van der Waals surface area contributed by atoms with Gasteiger partial charge in [0.1, 0.15) is 12.6 Å². The van der Waals surface area contributed by atoms with Gasteiger partial charge in [-0.15, -0.1) is 0 Å². The lowest BCUT2D eigenvalue weighted by atomic mass is 10.2. The summed E-state index contributed by atoms with van der Waals surface area (Å²) in [5.41, 5.74) is 0. The molecule has 1 heterocycles. The van der Waals surface area contributed by atoms with Crippen molar-refractivity contribution in [2.75, 3.05) is 39.8 Å². The third-order valence-corrected chi connectivity index (χ3v) is 3.25. The number of piperazine rings is 1. The van der Waals surface area contributed by atoms with Crippen LogP contribution in [-0.4, -0.2) is 72.3 Å². The largest absolute Gasteiger partial charge is 0.330 e. The minimum absolute atomic E-state index is 0.00322. The molecule has 104 valence electrons. The molecule has 0 radical (unpaired) electrons. The van der Waals surface area contributed by atoms with Crippen molar-refractivity contribution in [1.29, 1.82) is 5.26 Å². The van der Waals surface area contributed by atoms with Gasteiger partial charge in [-0.25, -0.2) is 0 Å². The fraction of sp³-hybridized carbons (Fsp3) is 0.615. The van der Waals surface area contributed by atoms with Gasteiger partial charge in [-0.05, 0) is 20.0 Å². The van der Waals surface area contributed by atoms with E-state index in [1.807, 2.05) is 11.9 Å². The van der Waals surface area contributed by atoms with Gasteiger partial charge in [0.25, 0.3) is 0 Å². The number of carbonyl (C=O) groups excluding carboxylic acids is 2. The second kappa shape index (κ2) is 6.90. The van der Waals surface area contributed by atoms with E-state index < -0.39 is 6.04 Å². The first-order valence-corrected chi connectivity index (χ1v) is 6.32. The molecule has 0 aliphatic carbocycles. The van der Waals surface area contributed by atoms with Gasteiger partial charge in [-0.1, -0.05) is 6.58 Å². The van der Waals surface area contributed by atoms with Crippen LogP contribution in [0.15, 0.2) is 12.7 Å². The average molecular weight is 264 g/mol. The molecule has 0 aromatic heterocycles. The third-order valence-electron chi connectivity index (χ3n) is 3.25. The van der Waals surface area contributed by atoms with Crippen molar-refractivity contribution in [1.82, 2.24) is 14.7 Å². The molecular weight excluding hydrogens is 244 g/mol. The maximum atomic E-state index is 12.2. The molecule has 0 spiro atoms. The van der Waals surface area contributed by atoms with Crippen molar-refractivity contribution in [2.24, 2.45) is 0 Å². The van der Waals surface area contributed by atoms with E-state index in [0.717, 1.165) is 6.54 Å². The number of nitriles is 1. The number of likely N-dealkylation sites (N-methyl/N-ethyl adjacent to an activating group) is 2. The lowest BCUT2D eigenvalue weighted by molar-refractivity contribution is -0.140. The number of hydrogen-bond donors (Lipinski definition) is 0. The standard InChI is InChI=1S/C13H20N4O2/c1-4-12(18)16(5-2)10-13(19)17-7-6-15(3)9-11(17)8-14/h4,11H,1,5-7,9-10H2,2-3H3. The van der Waals surface area contributed by atoms with E-state index >= 15 is 0 Å². The van der Waals surface area contributed by atoms with Crippen LogP contribution in [0.25, 0.3) is 0 Å².